The van der Waals surface area contributed by atoms with Crippen LogP contribution >= 0.6 is 0 Å². The minimum Gasteiger partial charge on any atom is -1.00 e. The molecule has 3 N–H and O–H groups in total. The Morgan fingerprint density at radius 2 is 1.67 bits per heavy atom. The molecule has 30 heavy (non-hydrogen) atoms. The molecule has 0 fully saturated rings. The Morgan fingerprint density at radius 3 is 2.33 bits per heavy atom. The van der Waals surface area contributed by atoms with Gasteiger partial charge in [-0.25, -0.2) is 0 Å². The second-order valence-electron chi connectivity index (χ2n) is 7.11. The van der Waals surface area contributed by atoms with E-state index in [4.69, 9.17) is 9.47 Å². The molecule has 0 aliphatic rings. The summed E-state index contributed by atoms with van der Waals surface area (Å²) in [6.45, 7) is 2.56. The number of ketones is 1. The molecule has 0 aliphatic heterocycles. The summed E-state index contributed by atoms with van der Waals surface area (Å²) in [4.78, 5) is 13.0. The number of rotatable bonds is 9. The van der Waals surface area contributed by atoms with Gasteiger partial charge < -0.3 is 32.3 Å². The van der Waals surface area contributed by atoms with Crippen molar-refractivity contribution in [2.45, 2.75) is 25.5 Å². The van der Waals surface area contributed by atoms with Gasteiger partial charge in [0.1, 0.15) is 23.6 Å². The van der Waals surface area contributed by atoms with Gasteiger partial charge in [-0.3, -0.25) is 4.79 Å². The highest BCUT2D eigenvalue weighted by molar-refractivity contribution is 6.11. The first kappa shape index (κ1) is 23.7. The van der Waals surface area contributed by atoms with Gasteiger partial charge in [0.15, 0.2) is 5.78 Å². The van der Waals surface area contributed by atoms with E-state index in [0.717, 1.165) is 16.3 Å². The molecule has 5 nitrogen and oxygen atoms in total. The number of halogens is 1. The van der Waals surface area contributed by atoms with Gasteiger partial charge in [0, 0.05) is 16.3 Å². The molecule has 3 aromatic carbocycles. The first-order valence-corrected chi connectivity index (χ1v) is 9.80. The first-order chi connectivity index (χ1) is 14.1. The summed E-state index contributed by atoms with van der Waals surface area (Å²) in [7, 11) is 3.22. The summed E-state index contributed by atoms with van der Waals surface area (Å²) in [5.41, 5.74) is 1.51. The number of hydrogen-bond donors (Lipinski definition) is 2. The minimum absolute atomic E-state index is 0. The average molecular weight is 430 g/mol. The van der Waals surface area contributed by atoms with Crippen molar-refractivity contribution in [1.82, 2.24) is 0 Å². The number of methoxy groups -OCH3 is 2. The zero-order valence-corrected chi connectivity index (χ0v) is 18.2. The predicted molar refractivity (Wildman–Crippen MR) is 114 cm³/mol. The van der Waals surface area contributed by atoms with Crippen LogP contribution in [0.4, 0.5) is 0 Å². The van der Waals surface area contributed by atoms with Crippen LogP contribution in [0.3, 0.4) is 0 Å². The number of hydrogen-bond acceptors (Lipinski definition) is 4. The molecule has 0 aromatic heterocycles. The van der Waals surface area contributed by atoms with Crippen molar-refractivity contribution in [3.05, 3.63) is 71.8 Å². The number of quaternary nitrogens is 1. The predicted octanol–water partition coefficient (Wildman–Crippen LogP) is 0.119. The second-order valence-corrected chi connectivity index (χ2v) is 7.11. The van der Waals surface area contributed by atoms with E-state index in [1.54, 1.807) is 20.3 Å². The van der Waals surface area contributed by atoms with Crippen LogP contribution in [0.5, 0.6) is 11.5 Å². The molecule has 0 spiro atoms. The van der Waals surface area contributed by atoms with Crippen molar-refractivity contribution < 1.29 is 37.1 Å². The van der Waals surface area contributed by atoms with Crippen molar-refractivity contribution in [1.29, 1.82) is 0 Å². The van der Waals surface area contributed by atoms with E-state index in [1.807, 2.05) is 66.8 Å². The molecule has 0 bridgehead atoms. The third kappa shape index (κ3) is 5.11. The van der Waals surface area contributed by atoms with Crippen LogP contribution in [-0.4, -0.2) is 37.7 Å². The minimum atomic E-state index is -0.576. The normalized spacial score (nSPS) is 12.7. The highest BCUT2D eigenvalue weighted by Crippen LogP contribution is 2.35. The van der Waals surface area contributed by atoms with Crippen LogP contribution in [0.15, 0.2) is 60.7 Å². The van der Waals surface area contributed by atoms with Crippen molar-refractivity contribution >= 4 is 16.6 Å². The van der Waals surface area contributed by atoms with Crippen LogP contribution in [0.1, 0.15) is 35.4 Å². The standard InChI is InChI=1S/C24H27NO4.ClH/c1-16(24(27)17-8-5-4-6-9-17)25-15-14-20(26)18-12-13-21(28-2)19-10-7-11-22(29-3)23(18)19;/h4-13,16,24-25,27H,14-15H2,1-3H3;1H. The number of ether oxygens (including phenoxy) is 2. The van der Waals surface area contributed by atoms with Gasteiger partial charge in [-0.05, 0) is 30.7 Å². The molecule has 6 heteroatoms. The number of Topliss-reactive ketones (excluding diaryl/α,β-unsaturated/α-hetero) is 1. The van der Waals surface area contributed by atoms with E-state index in [0.29, 0.717) is 30.0 Å². The Balaban J connectivity index is 0.00000320. The number of carbonyl (C=O) groups excluding carboxylic acids is 1. The Bertz CT molecular complexity index is 978. The highest BCUT2D eigenvalue weighted by atomic mass is 35.5. The monoisotopic (exact) mass is 429 g/mol. The number of nitrogens with two attached hydrogens (primary N) is 1. The SMILES string of the molecule is COc1ccc(C(=O)CC[NH2+]C(C)C(O)c2ccccc2)c2c(OC)cccc12.[Cl-]. The summed E-state index contributed by atoms with van der Waals surface area (Å²) in [6.07, 6.45) is -0.209. The van der Waals surface area contributed by atoms with Crippen LogP contribution in [0, 0.1) is 0 Å². The maximum Gasteiger partial charge on any atom is 0.169 e. The molecule has 2 unspecified atom stereocenters. The highest BCUT2D eigenvalue weighted by Gasteiger charge is 2.21. The van der Waals surface area contributed by atoms with Crippen molar-refractivity contribution in [3.8, 4) is 11.5 Å². The summed E-state index contributed by atoms with van der Waals surface area (Å²) in [6, 6.07) is 18.8. The van der Waals surface area contributed by atoms with E-state index in [1.165, 1.54) is 0 Å². The lowest BCUT2D eigenvalue weighted by Crippen LogP contribution is -3.00. The third-order valence-corrected chi connectivity index (χ3v) is 5.25. The zero-order valence-electron chi connectivity index (χ0n) is 17.5. The van der Waals surface area contributed by atoms with Gasteiger partial charge in [0.05, 0.1) is 27.2 Å². The molecule has 0 amide bonds. The van der Waals surface area contributed by atoms with Gasteiger partial charge in [-0.15, -0.1) is 0 Å². The molecular weight excluding hydrogens is 402 g/mol. The van der Waals surface area contributed by atoms with E-state index < -0.39 is 6.10 Å². The van der Waals surface area contributed by atoms with Gasteiger partial charge in [0.2, 0.25) is 0 Å². The first-order valence-electron chi connectivity index (χ1n) is 9.80. The van der Waals surface area contributed by atoms with Crippen LogP contribution < -0.4 is 27.2 Å². The number of carbonyl (C=O) groups is 1. The van der Waals surface area contributed by atoms with Crippen molar-refractivity contribution in [2.24, 2.45) is 0 Å². The smallest absolute Gasteiger partial charge is 0.169 e. The van der Waals surface area contributed by atoms with Gasteiger partial charge in [-0.1, -0.05) is 42.5 Å². The van der Waals surface area contributed by atoms with E-state index in [2.05, 4.69) is 0 Å². The quantitative estimate of drug-likeness (QED) is 0.474. The van der Waals surface area contributed by atoms with Gasteiger partial charge in [-0.2, -0.15) is 0 Å². The van der Waals surface area contributed by atoms with Crippen molar-refractivity contribution in [3.63, 3.8) is 0 Å². The molecule has 3 aromatic rings. The fraction of sp³-hybridized carbons (Fsp3) is 0.292. The molecular formula is C24H28ClNO4. The van der Waals surface area contributed by atoms with Gasteiger partial charge >= 0.3 is 0 Å². The lowest BCUT2D eigenvalue weighted by molar-refractivity contribution is -0.693. The maximum atomic E-state index is 13.0. The van der Waals surface area contributed by atoms with E-state index >= 15 is 0 Å². The van der Waals surface area contributed by atoms with E-state index in [9.17, 15) is 9.90 Å². The lowest BCUT2D eigenvalue weighted by Gasteiger charge is -2.18. The Kier molecular flexibility index (Phi) is 8.66. The largest absolute Gasteiger partial charge is 1.00 e. The average Bonchev–Trinajstić information content (AvgIpc) is 2.77. The number of benzene rings is 3. The molecule has 0 heterocycles. The van der Waals surface area contributed by atoms with E-state index in [-0.39, 0.29) is 24.2 Å². The summed E-state index contributed by atoms with van der Waals surface area (Å²) < 4.78 is 10.9. The Labute approximate surface area is 183 Å². The maximum absolute atomic E-state index is 13.0. The van der Waals surface area contributed by atoms with Crippen molar-refractivity contribution in [2.75, 3.05) is 20.8 Å². The molecule has 2 atom stereocenters. The van der Waals surface area contributed by atoms with Gasteiger partial charge in [0.25, 0.3) is 0 Å². The second kappa shape index (κ2) is 11.0. The fourth-order valence-corrected chi connectivity index (χ4v) is 3.62. The Morgan fingerprint density at radius 1 is 0.967 bits per heavy atom. The number of aliphatic hydroxyl groups excluding tert-OH is 1. The number of aliphatic hydroxyl groups is 1. The summed E-state index contributed by atoms with van der Waals surface area (Å²) >= 11 is 0. The molecule has 0 aliphatic carbocycles. The molecule has 3 rings (SSSR count). The molecule has 160 valence electrons. The third-order valence-electron chi connectivity index (χ3n) is 5.25. The Hall–Kier alpha value is -2.60. The van der Waals surface area contributed by atoms with Crippen LogP contribution in [0.2, 0.25) is 0 Å². The molecule has 0 saturated heterocycles. The molecule has 0 radical (unpaired) electrons. The summed E-state index contributed by atoms with van der Waals surface area (Å²) in [5, 5.41) is 14.1. The fourth-order valence-electron chi connectivity index (χ4n) is 3.62. The zero-order chi connectivity index (χ0) is 20.8. The summed E-state index contributed by atoms with van der Waals surface area (Å²) in [5.74, 6) is 1.41. The topological polar surface area (TPSA) is 72.4 Å². The lowest BCUT2D eigenvalue weighted by atomic mass is 9.98. The number of fused-ring (bicyclic) bond motifs is 1. The molecule has 0 saturated carbocycles. The van der Waals surface area contributed by atoms with Crippen LogP contribution in [0.25, 0.3) is 10.8 Å². The van der Waals surface area contributed by atoms with Crippen LogP contribution in [-0.2, 0) is 0 Å².